The van der Waals surface area contributed by atoms with Crippen molar-refractivity contribution in [2.45, 2.75) is 44.2 Å². The van der Waals surface area contributed by atoms with Crippen LogP contribution < -0.4 is 21.4 Å². The molecule has 0 aliphatic rings. The molecule has 0 fully saturated rings. The third-order valence-corrected chi connectivity index (χ3v) is 5.48. The molecule has 7 N–H and O–H groups in total. The van der Waals surface area contributed by atoms with Crippen molar-refractivity contribution < 1.29 is 43.7 Å². The van der Waals surface area contributed by atoms with Gasteiger partial charge in [-0.25, -0.2) is 18.8 Å². The van der Waals surface area contributed by atoms with E-state index in [4.69, 9.17) is 10.2 Å². The molecule has 0 aliphatic heterocycles. The van der Waals surface area contributed by atoms with Crippen LogP contribution in [0.25, 0.3) is 0 Å². The molecule has 0 bridgehead atoms. The molecule has 0 aromatic heterocycles. The first-order valence-corrected chi connectivity index (χ1v) is 12.2. The molecule has 40 heavy (non-hydrogen) atoms. The highest BCUT2D eigenvalue weighted by molar-refractivity contribution is 5.94. The predicted molar refractivity (Wildman–Crippen MR) is 142 cm³/mol. The smallest absolute Gasteiger partial charge is 0.326 e. The maximum absolute atomic E-state index is 12.9. The van der Waals surface area contributed by atoms with Crippen molar-refractivity contribution >= 4 is 41.7 Å². The number of halogens is 1. The Balaban J connectivity index is 1.72. The van der Waals surface area contributed by atoms with Crippen LogP contribution >= 0.6 is 0 Å². The van der Waals surface area contributed by atoms with Gasteiger partial charge in [0.25, 0.3) is 5.91 Å². The number of aliphatic carboxylic acids is 3. The summed E-state index contributed by atoms with van der Waals surface area (Å²) in [5.74, 6) is -4.69. The second kappa shape index (κ2) is 16.1. The standard InChI is InChI=1S/C26H30FN5O8/c27-18-8-4-16(5-9-18)15-29-32-19-10-6-17(7-11-19)23(35)28-14-2-1-3-20(24(36)37)30-26(40)31-21(25(38)39)12-13-22(33)34/h4-11,15,20-21,32H,1-3,12-14H2,(H,28,35)(H,33,34)(H,36,37)(H,38,39)(H2,30,31,40). The second-order valence-electron chi connectivity index (χ2n) is 8.58. The minimum absolute atomic E-state index is 0.0181. The molecule has 2 atom stereocenters. The Hall–Kier alpha value is -5.01. The van der Waals surface area contributed by atoms with Gasteiger partial charge in [0.1, 0.15) is 17.9 Å². The lowest BCUT2D eigenvalue weighted by atomic mass is 10.1. The number of carbonyl (C=O) groups excluding carboxylic acids is 2. The van der Waals surface area contributed by atoms with Crippen LogP contribution in [0.2, 0.25) is 0 Å². The number of carboxylic acid groups (broad SMARTS) is 3. The third kappa shape index (κ3) is 11.6. The summed E-state index contributed by atoms with van der Waals surface area (Å²) >= 11 is 0. The summed E-state index contributed by atoms with van der Waals surface area (Å²) in [6, 6.07) is 8.45. The highest BCUT2D eigenvalue weighted by Crippen LogP contribution is 2.10. The number of hydrogen-bond donors (Lipinski definition) is 7. The van der Waals surface area contributed by atoms with E-state index in [0.717, 1.165) is 0 Å². The quantitative estimate of drug-likeness (QED) is 0.0913. The van der Waals surface area contributed by atoms with Gasteiger partial charge in [-0.05, 0) is 67.6 Å². The Morgan fingerprint density at radius 3 is 2.00 bits per heavy atom. The Morgan fingerprint density at radius 2 is 1.43 bits per heavy atom. The van der Waals surface area contributed by atoms with E-state index in [1.807, 2.05) is 0 Å². The Morgan fingerprint density at radius 1 is 0.825 bits per heavy atom. The average Bonchev–Trinajstić information content (AvgIpc) is 2.91. The molecule has 214 valence electrons. The van der Waals surface area contributed by atoms with Gasteiger partial charge in [0.2, 0.25) is 0 Å². The van der Waals surface area contributed by atoms with E-state index in [-0.39, 0.29) is 31.1 Å². The lowest BCUT2D eigenvalue weighted by Crippen LogP contribution is -2.51. The van der Waals surface area contributed by atoms with Crippen molar-refractivity contribution in [3.8, 4) is 0 Å². The number of anilines is 1. The first kappa shape index (κ1) is 31.2. The van der Waals surface area contributed by atoms with Gasteiger partial charge in [-0.1, -0.05) is 12.1 Å². The van der Waals surface area contributed by atoms with Gasteiger partial charge in [-0.2, -0.15) is 5.10 Å². The van der Waals surface area contributed by atoms with Gasteiger partial charge in [-0.3, -0.25) is 15.0 Å². The maximum atomic E-state index is 12.9. The second-order valence-corrected chi connectivity index (χ2v) is 8.58. The molecule has 2 rings (SSSR count). The zero-order valence-electron chi connectivity index (χ0n) is 21.3. The average molecular weight is 560 g/mol. The first-order valence-electron chi connectivity index (χ1n) is 12.2. The number of carboxylic acids is 3. The first-order chi connectivity index (χ1) is 19.0. The number of nitrogens with zero attached hydrogens (tertiary/aromatic N) is 1. The van der Waals surface area contributed by atoms with Gasteiger partial charge in [0.05, 0.1) is 11.9 Å². The largest absolute Gasteiger partial charge is 0.481 e. The molecule has 3 amide bonds. The van der Waals surface area contributed by atoms with Crippen molar-refractivity contribution in [3.05, 3.63) is 65.5 Å². The summed E-state index contributed by atoms with van der Waals surface area (Å²) in [6.45, 7) is 0.246. The highest BCUT2D eigenvalue weighted by atomic mass is 19.1. The zero-order valence-corrected chi connectivity index (χ0v) is 21.3. The Kier molecular flexibility index (Phi) is 12.5. The molecule has 0 aliphatic carbocycles. The lowest BCUT2D eigenvalue weighted by Gasteiger charge is -2.18. The lowest BCUT2D eigenvalue weighted by molar-refractivity contribution is -0.140. The van der Waals surface area contributed by atoms with Crippen LogP contribution in [0.15, 0.2) is 53.6 Å². The summed E-state index contributed by atoms with van der Waals surface area (Å²) in [5, 5.41) is 38.1. The van der Waals surface area contributed by atoms with E-state index in [0.29, 0.717) is 29.7 Å². The van der Waals surface area contributed by atoms with E-state index in [1.54, 1.807) is 36.4 Å². The van der Waals surface area contributed by atoms with Gasteiger partial charge in [0, 0.05) is 18.5 Å². The molecular weight excluding hydrogens is 529 g/mol. The number of hydrogen-bond acceptors (Lipinski definition) is 7. The molecular formula is C26H30FN5O8. The van der Waals surface area contributed by atoms with Crippen molar-refractivity contribution in [2.24, 2.45) is 5.10 Å². The highest BCUT2D eigenvalue weighted by Gasteiger charge is 2.24. The summed E-state index contributed by atoms with van der Waals surface area (Å²) in [6.07, 6.45) is 1.43. The molecule has 13 nitrogen and oxygen atoms in total. The molecule has 0 saturated heterocycles. The fourth-order valence-electron chi connectivity index (χ4n) is 3.34. The molecule has 2 aromatic rings. The number of hydrazone groups is 1. The van der Waals surface area contributed by atoms with E-state index < -0.39 is 42.4 Å². The molecule has 2 unspecified atom stereocenters. The van der Waals surface area contributed by atoms with Gasteiger partial charge in [0.15, 0.2) is 0 Å². The number of amides is 3. The van der Waals surface area contributed by atoms with Crippen LogP contribution in [0.4, 0.5) is 14.9 Å². The molecule has 0 radical (unpaired) electrons. The van der Waals surface area contributed by atoms with E-state index in [9.17, 15) is 33.5 Å². The van der Waals surface area contributed by atoms with Crippen molar-refractivity contribution in [1.29, 1.82) is 0 Å². The van der Waals surface area contributed by atoms with Crippen LogP contribution in [0, 0.1) is 5.82 Å². The molecule has 2 aromatic carbocycles. The number of unbranched alkanes of at least 4 members (excludes halogenated alkanes) is 1. The van der Waals surface area contributed by atoms with Crippen molar-refractivity contribution in [1.82, 2.24) is 16.0 Å². The van der Waals surface area contributed by atoms with Crippen LogP contribution in [0.3, 0.4) is 0 Å². The van der Waals surface area contributed by atoms with Gasteiger partial charge < -0.3 is 31.3 Å². The maximum Gasteiger partial charge on any atom is 0.326 e. The fourth-order valence-corrected chi connectivity index (χ4v) is 3.34. The Bertz CT molecular complexity index is 1200. The van der Waals surface area contributed by atoms with Crippen LogP contribution in [0.5, 0.6) is 0 Å². The Labute approximate surface area is 228 Å². The molecule has 14 heteroatoms. The molecule has 0 saturated carbocycles. The minimum Gasteiger partial charge on any atom is -0.481 e. The van der Waals surface area contributed by atoms with Crippen LogP contribution in [0.1, 0.15) is 48.0 Å². The SMILES string of the molecule is O=C(O)CCC(NC(=O)NC(CCCCNC(=O)c1ccc(NN=Cc2ccc(F)cc2)cc1)C(=O)O)C(=O)O. The number of nitrogens with one attached hydrogen (secondary N) is 4. The summed E-state index contributed by atoms with van der Waals surface area (Å²) in [4.78, 5) is 57.7. The van der Waals surface area contributed by atoms with Crippen LogP contribution in [-0.4, -0.2) is 70.0 Å². The van der Waals surface area contributed by atoms with E-state index in [2.05, 4.69) is 26.5 Å². The van der Waals surface area contributed by atoms with E-state index >= 15 is 0 Å². The topological polar surface area (TPSA) is 207 Å². The van der Waals surface area contributed by atoms with Gasteiger partial charge in [-0.15, -0.1) is 0 Å². The third-order valence-electron chi connectivity index (χ3n) is 5.48. The fraction of sp³-hybridized carbons (Fsp3) is 0.308. The number of rotatable bonds is 16. The van der Waals surface area contributed by atoms with E-state index in [1.165, 1.54) is 18.3 Å². The monoisotopic (exact) mass is 559 g/mol. The van der Waals surface area contributed by atoms with Gasteiger partial charge >= 0.3 is 23.9 Å². The number of urea groups is 1. The van der Waals surface area contributed by atoms with Crippen LogP contribution in [-0.2, 0) is 14.4 Å². The summed E-state index contributed by atoms with van der Waals surface area (Å²) < 4.78 is 12.9. The molecule has 0 heterocycles. The molecule has 0 spiro atoms. The summed E-state index contributed by atoms with van der Waals surface area (Å²) in [5.41, 5.74) is 4.53. The zero-order chi connectivity index (χ0) is 29.5. The number of carbonyl (C=O) groups is 5. The summed E-state index contributed by atoms with van der Waals surface area (Å²) in [7, 11) is 0. The normalized spacial score (nSPS) is 12.2. The predicted octanol–water partition coefficient (Wildman–Crippen LogP) is 2.24. The number of benzene rings is 2. The van der Waals surface area contributed by atoms with Crippen molar-refractivity contribution in [3.63, 3.8) is 0 Å². The minimum atomic E-state index is -1.49. The van der Waals surface area contributed by atoms with Crippen molar-refractivity contribution in [2.75, 3.05) is 12.0 Å².